The van der Waals surface area contributed by atoms with E-state index < -0.39 is 0 Å². The highest BCUT2D eigenvalue weighted by Crippen LogP contribution is 2.26. The first kappa shape index (κ1) is 14.3. The molecule has 0 aliphatic rings. The lowest BCUT2D eigenvalue weighted by Gasteiger charge is -2.13. The van der Waals surface area contributed by atoms with Crippen LogP contribution in [0.25, 0.3) is 11.3 Å². The minimum atomic E-state index is -0.296. The van der Waals surface area contributed by atoms with Crippen molar-refractivity contribution in [2.75, 3.05) is 6.61 Å². The van der Waals surface area contributed by atoms with Crippen molar-refractivity contribution in [1.82, 2.24) is 4.98 Å². The zero-order valence-electron chi connectivity index (χ0n) is 12.1. The lowest BCUT2D eigenvalue weighted by atomic mass is 9.98. The summed E-state index contributed by atoms with van der Waals surface area (Å²) >= 11 is 0. The Bertz CT molecular complexity index is 606. The van der Waals surface area contributed by atoms with Gasteiger partial charge < -0.3 is 4.74 Å². The van der Waals surface area contributed by atoms with Crippen molar-refractivity contribution < 1.29 is 9.53 Å². The standard InChI is InChI=1S/C17H19NO2/c1-4-13-11-12(3)18-16(14-9-7-6-8-10-14)15(13)17(19)20-5-2/h6-11H,4-5H2,1-3H3. The molecule has 2 aromatic rings. The molecule has 0 fully saturated rings. The number of pyridine rings is 1. The Kier molecular flexibility index (Phi) is 4.51. The molecule has 3 nitrogen and oxygen atoms in total. The van der Waals surface area contributed by atoms with Crippen LogP contribution in [0, 0.1) is 6.92 Å². The largest absolute Gasteiger partial charge is 0.462 e. The Morgan fingerprint density at radius 2 is 1.90 bits per heavy atom. The summed E-state index contributed by atoms with van der Waals surface area (Å²) in [6, 6.07) is 11.7. The first-order valence-corrected chi connectivity index (χ1v) is 6.90. The Morgan fingerprint density at radius 1 is 1.20 bits per heavy atom. The van der Waals surface area contributed by atoms with Gasteiger partial charge in [-0.05, 0) is 31.9 Å². The molecule has 0 bridgehead atoms. The van der Waals surface area contributed by atoms with Gasteiger partial charge in [0.15, 0.2) is 0 Å². The maximum atomic E-state index is 12.3. The number of aryl methyl sites for hydroxylation is 2. The van der Waals surface area contributed by atoms with Crippen molar-refractivity contribution in [3.05, 3.63) is 53.2 Å². The molecule has 3 heteroatoms. The lowest BCUT2D eigenvalue weighted by Crippen LogP contribution is -2.12. The number of esters is 1. The molecule has 0 amide bonds. The molecule has 2 rings (SSSR count). The van der Waals surface area contributed by atoms with Gasteiger partial charge in [0, 0.05) is 11.3 Å². The third-order valence-corrected chi connectivity index (χ3v) is 3.14. The normalized spacial score (nSPS) is 10.3. The summed E-state index contributed by atoms with van der Waals surface area (Å²) in [4.78, 5) is 16.8. The van der Waals surface area contributed by atoms with E-state index >= 15 is 0 Å². The van der Waals surface area contributed by atoms with Crippen LogP contribution in [0.2, 0.25) is 0 Å². The van der Waals surface area contributed by atoms with Gasteiger partial charge >= 0.3 is 5.97 Å². The number of aromatic nitrogens is 1. The molecule has 0 aliphatic heterocycles. The maximum absolute atomic E-state index is 12.3. The van der Waals surface area contributed by atoms with Crippen molar-refractivity contribution in [1.29, 1.82) is 0 Å². The van der Waals surface area contributed by atoms with Gasteiger partial charge in [-0.2, -0.15) is 0 Å². The number of rotatable bonds is 4. The molecular formula is C17H19NO2. The summed E-state index contributed by atoms with van der Waals surface area (Å²) in [7, 11) is 0. The molecule has 0 spiro atoms. The molecule has 1 aromatic carbocycles. The van der Waals surface area contributed by atoms with E-state index in [1.807, 2.05) is 57.2 Å². The van der Waals surface area contributed by atoms with Crippen LogP contribution in [0.4, 0.5) is 0 Å². The molecule has 20 heavy (non-hydrogen) atoms. The van der Waals surface area contributed by atoms with E-state index in [0.29, 0.717) is 17.9 Å². The summed E-state index contributed by atoms with van der Waals surface area (Å²) in [6.45, 7) is 6.16. The lowest BCUT2D eigenvalue weighted by molar-refractivity contribution is 0.0525. The minimum Gasteiger partial charge on any atom is -0.462 e. The molecule has 104 valence electrons. The van der Waals surface area contributed by atoms with Crippen LogP contribution in [-0.4, -0.2) is 17.6 Å². The molecule has 1 heterocycles. The first-order chi connectivity index (χ1) is 9.67. The minimum absolute atomic E-state index is 0.296. The van der Waals surface area contributed by atoms with Crippen LogP contribution in [0.1, 0.15) is 35.5 Å². The van der Waals surface area contributed by atoms with E-state index in [-0.39, 0.29) is 5.97 Å². The van der Waals surface area contributed by atoms with Crippen LogP contribution >= 0.6 is 0 Å². The SMILES string of the molecule is CCOC(=O)c1c(CC)cc(C)nc1-c1ccccc1. The summed E-state index contributed by atoms with van der Waals surface area (Å²) in [5.74, 6) is -0.296. The average molecular weight is 269 g/mol. The fraction of sp³-hybridized carbons (Fsp3) is 0.294. The van der Waals surface area contributed by atoms with Crippen molar-refractivity contribution in [2.45, 2.75) is 27.2 Å². The third-order valence-electron chi connectivity index (χ3n) is 3.14. The molecule has 0 atom stereocenters. The van der Waals surface area contributed by atoms with Crippen molar-refractivity contribution in [2.24, 2.45) is 0 Å². The number of ether oxygens (including phenoxy) is 1. The highest BCUT2D eigenvalue weighted by Gasteiger charge is 2.19. The molecule has 0 radical (unpaired) electrons. The van der Waals surface area contributed by atoms with Crippen molar-refractivity contribution >= 4 is 5.97 Å². The highest BCUT2D eigenvalue weighted by atomic mass is 16.5. The van der Waals surface area contributed by atoms with Gasteiger partial charge in [0.25, 0.3) is 0 Å². The molecule has 0 N–H and O–H groups in total. The summed E-state index contributed by atoms with van der Waals surface area (Å²) in [5, 5.41) is 0. The van der Waals surface area contributed by atoms with E-state index in [1.54, 1.807) is 0 Å². The fourth-order valence-electron chi connectivity index (χ4n) is 2.26. The van der Waals surface area contributed by atoms with E-state index in [0.717, 1.165) is 23.2 Å². The second-order valence-electron chi connectivity index (χ2n) is 4.59. The Balaban J connectivity index is 2.65. The number of benzene rings is 1. The second-order valence-corrected chi connectivity index (χ2v) is 4.59. The average Bonchev–Trinajstić information content (AvgIpc) is 2.47. The van der Waals surface area contributed by atoms with Crippen LogP contribution in [0.5, 0.6) is 0 Å². The highest BCUT2D eigenvalue weighted by molar-refractivity contribution is 5.97. The zero-order chi connectivity index (χ0) is 14.5. The Morgan fingerprint density at radius 3 is 2.50 bits per heavy atom. The molecule has 1 aromatic heterocycles. The van der Waals surface area contributed by atoms with Gasteiger partial charge in [-0.25, -0.2) is 4.79 Å². The van der Waals surface area contributed by atoms with Crippen LogP contribution in [-0.2, 0) is 11.2 Å². The smallest absolute Gasteiger partial charge is 0.340 e. The van der Waals surface area contributed by atoms with Gasteiger partial charge in [0.1, 0.15) is 0 Å². The predicted molar refractivity (Wildman–Crippen MR) is 79.7 cm³/mol. The van der Waals surface area contributed by atoms with E-state index in [2.05, 4.69) is 4.98 Å². The summed E-state index contributed by atoms with van der Waals surface area (Å²) in [6.07, 6.45) is 0.775. The van der Waals surface area contributed by atoms with Crippen LogP contribution < -0.4 is 0 Å². The van der Waals surface area contributed by atoms with Gasteiger partial charge in [0.05, 0.1) is 17.9 Å². The van der Waals surface area contributed by atoms with Crippen molar-refractivity contribution in [3.8, 4) is 11.3 Å². The number of carbonyl (C=O) groups excluding carboxylic acids is 1. The number of hydrogen-bond acceptors (Lipinski definition) is 3. The number of nitrogens with zero attached hydrogens (tertiary/aromatic N) is 1. The molecule has 0 aliphatic carbocycles. The van der Waals surface area contributed by atoms with Gasteiger partial charge in [-0.1, -0.05) is 37.3 Å². The summed E-state index contributed by atoms with van der Waals surface area (Å²) < 4.78 is 5.19. The van der Waals surface area contributed by atoms with E-state index in [1.165, 1.54) is 0 Å². The fourth-order valence-corrected chi connectivity index (χ4v) is 2.26. The Labute approximate surface area is 119 Å². The third kappa shape index (κ3) is 2.87. The van der Waals surface area contributed by atoms with Crippen LogP contribution in [0.3, 0.4) is 0 Å². The first-order valence-electron chi connectivity index (χ1n) is 6.90. The number of carbonyl (C=O) groups is 1. The molecule has 0 saturated heterocycles. The topological polar surface area (TPSA) is 39.2 Å². The monoisotopic (exact) mass is 269 g/mol. The van der Waals surface area contributed by atoms with E-state index in [9.17, 15) is 4.79 Å². The second kappa shape index (κ2) is 6.33. The quantitative estimate of drug-likeness (QED) is 0.793. The molecular weight excluding hydrogens is 250 g/mol. The number of hydrogen-bond donors (Lipinski definition) is 0. The van der Waals surface area contributed by atoms with Crippen LogP contribution in [0.15, 0.2) is 36.4 Å². The van der Waals surface area contributed by atoms with Crippen molar-refractivity contribution in [3.63, 3.8) is 0 Å². The van der Waals surface area contributed by atoms with E-state index in [4.69, 9.17) is 4.74 Å². The maximum Gasteiger partial charge on any atom is 0.340 e. The van der Waals surface area contributed by atoms with Gasteiger partial charge in [0.2, 0.25) is 0 Å². The van der Waals surface area contributed by atoms with Gasteiger partial charge in [-0.15, -0.1) is 0 Å². The zero-order valence-corrected chi connectivity index (χ0v) is 12.1. The molecule has 0 saturated carbocycles. The summed E-state index contributed by atoms with van der Waals surface area (Å²) in [5.41, 5.74) is 4.13. The van der Waals surface area contributed by atoms with Gasteiger partial charge in [-0.3, -0.25) is 4.98 Å². The Hall–Kier alpha value is -2.16. The predicted octanol–water partition coefficient (Wildman–Crippen LogP) is 3.80. The molecule has 0 unspecified atom stereocenters.